The highest BCUT2D eigenvalue weighted by molar-refractivity contribution is 7.09. The Bertz CT molecular complexity index is 849. The summed E-state index contributed by atoms with van der Waals surface area (Å²) in [6.07, 6.45) is 5.44. The number of rotatable bonds is 7. The summed E-state index contributed by atoms with van der Waals surface area (Å²) in [6.45, 7) is 4.32. The predicted molar refractivity (Wildman–Crippen MR) is 116 cm³/mol. The summed E-state index contributed by atoms with van der Waals surface area (Å²) in [7, 11) is 2.26. The van der Waals surface area contributed by atoms with E-state index in [1.807, 2.05) is 12.3 Å². The number of hydrogen-bond donors (Lipinski definition) is 0. The molecule has 0 bridgehead atoms. The van der Waals surface area contributed by atoms with Gasteiger partial charge < -0.3 is 4.90 Å². The number of thiazole rings is 1. The van der Waals surface area contributed by atoms with Crippen LogP contribution >= 0.6 is 11.3 Å². The number of likely N-dealkylation sites (N-methyl/N-ethyl adjacent to an activating group) is 1. The van der Waals surface area contributed by atoms with Crippen molar-refractivity contribution in [2.75, 3.05) is 26.7 Å². The molecule has 3 heterocycles. The molecule has 4 nitrogen and oxygen atoms in total. The van der Waals surface area contributed by atoms with E-state index in [0.29, 0.717) is 6.04 Å². The van der Waals surface area contributed by atoms with Crippen molar-refractivity contribution in [3.8, 4) is 11.3 Å². The van der Waals surface area contributed by atoms with Gasteiger partial charge in [0.1, 0.15) is 5.01 Å². The van der Waals surface area contributed by atoms with E-state index in [-0.39, 0.29) is 0 Å². The van der Waals surface area contributed by atoms with Gasteiger partial charge in [0, 0.05) is 48.4 Å². The molecule has 3 aromatic rings. The van der Waals surface area contributed by atoms with Crippen molar-refractivity contribution in [1.29, 1.82) is 0 Å². The number of piperidine rings is 1. The van der Waals surface area contributed by atoms with Crippen molar-refractivity contribution in [3.05, 3.63) is 70.8 Å². The average Bonchev–Trinajstić information content (AvgIpc) is 3.22. The van der Waals surface area contributed by atoms with Crippen LogP contribution in [0, 0.1) is 0 Å². The molecule has 1 atom stereocenters. The lowest BCUT2D eigenvalue weighted by Crippen LogP contribution is -2.46. The minimum absolute atomic E-state index is 0.617. The highest BCUT2D eigenvalue weighted by atomic mass is 32.1. The summed E-state index contributed by atoms with van der Waals surface area (Å²) in [5.41, 5.74) is 3.48. The van der Waals surface area contributed by atoms with E-state index in [1.165, 1.54) is 35.7 Å². The minimum Gasteiger partial charge on any atom is -0.302 e. The Balaban J connectivity index is 1.31. The summed E-state index contributed by atoms with van der Waals surface area (Å²) in [5.74, 6) is 0. The second-order valence-corrected chi connectivity index (χ2v) is 8.52. The van der Waals surface area contributed by atoms with Crippen LogP contribution in [0.1, 0.15) is 23.5 Å². The molecular weight excluding hydrogens is 364 g/mol. The van der Waals surface area contributed by atoms with Crippen LogP contribution in [0.15, 0.2) is 60.1 Å². The fourth-order valence-corrected chi connectivity index (χ4v) is 4.71. The van der Waals surface area contributed by atoms with E-state index in [0.717, 1.165) is 31.7 Å². The second-order valence-electron chi connectivity index (χ2n) is 7.58. The third-order valence-corrected chi connectivity index (χ3v) is 6.36. The van der Waals surface area contributed by atoms with Crippen LogP contribution in [0.2, 0.25) is 0 Å². The van der Waals surface area contributed by atoms with Gasteiger partial charge in [-0.3, -0.25) is 9.88 Å². The molecule has 1 aliphatic heterocycles. The number of aromatic nitrogens is 2. The van der Waals surface area contributed by atoms with E-state index in [2.05, 4.69) is 69.7 Å². The summed E-state index contributed by atoms with van der Waals surface area (Å²) in [4.78, 5) is 14.4. The topological polar surface area (TPSA) is 32.3 Å². The summed E-state index contributed by atoms with van der Waals surface area (Å²) in [5, 5.41) is 3.40. The molecule has 1 aliphatic rings. The molecule has 0 aliphatic carbocycles. The van der Waals surface area contributed by atoms with Crippen molar-refractivity contribution >= 4 is 11.3 Å². The van der Waals surface area contributed by atoms with Gasteiger partial charge >= 0.3 is 0 Å². The van der Waals surface area contributed by atoms with Gasteiger partial charge in [-0.25, -0.2) is 4.98 Å². The molecule has 0 radical (unpaired) electrons. The van der Waals surface area contributed by atoms with Gasteiger partial charge in [-0.05, 0) is 38.6 Å². The molecule has 1 aromatic carbocycles. The molecule has 1 saturated heterocycles. The van der Waals surface area contributed by atoms with Crippen molar-refractivity contribution in [1.82, 2.24) is 19.8 Å². The fraction of sp³-hybridized carbons (Fsp3) is 0.391. The zero-order valence-corrected chi connectivity index (χ0v) is 17.3. The lowest BCUT2D eigenvalue weighted by Gasteiger charge is -2.37. The zero-order chi connectivity index (χ0) is 19.2. The third-order valence-electron chi connectivity index (χ3n) is 5.53. The molecule has 0 spiro atoms. The fourth-order valence-electron chi connectivity index (χ4n) is 3.87. The Hall–Kier alpha value is -2.08. The highest BCUT2D eigenvalue weighted by Crippen LogP contribution is 2.24. The van der Waals surface area contributed by atoms with Gasteiger partial charge in [0.2, 0.25) is 0 Å². The maximum absolute atomic E-state index is 4.88. The Labute approximate surface area is 171 Å². The molecular formula is C23H28N4S. The van der Waals surface area contributed by atoms with Crippen molar-refractivity contribution in [2.24, 2.45) is 0 Å². The molecule has 28 heavy (non-hydrogen) atoms. The lowest BCUT2D eigenvalue weighted by molar-refractivity contribution is 0.112. The molecule has 2 aromatic heterocycles. The summed E-state index contributed by atoms with van der Waals surface area (Å²) < 4.78 is 0. The molecule has 0 unspecified atom stereocenters. The SMILES string of the molecule is CN(CCc1ccccn1)[C@H]1CCCN(Cc2nc(-c3ccccc3)cs2)C1. The van der Waals surface area contributed by atoms with Crippen LogP contribution in [0.4, 0.5) is 0 Å². The number of hydrogen-bond acceptors (Lipinski definition) is 5. The average molecular weight is 393 g/mol. The van der Waals surface area contributed by atoms with Gasteiger partial charge in [-0.2, -0.15) is 0 Å². The van der Waals surface area contributed by atoms with Crippen molar-refractivity contribution in [3.63, 3.8) is 0 Å². The number of nitrogens with zero attached hydrogens (tertiary/aromatic N) is 4. The predicted octanol–water partition coefficient (Wildman–Crippen LogP) is 4.34. The van der Waals surface area contributed by atoms with Gasteiger partial charge in [0.25, 0.3) is 0 Å². The van der Waals surface area contributed by atoms with Crippen LogP contribution in [-0.4, -0.2) is 52.5 Å². The monoisotopic (exact) mass is 392 g/mol. The molecule has 146 valence electrons. The van der Waals surface area contributed by atoms with E-state index in [4.69, 9.17) is 4.98 Å². The van der Waals surface area contributed by atoms with Gasteiger partial charge in [-0.1, -0.05) is 36.4 Å². The second kappa shape index (κ2) is 9.41. The molecule has 1 fully saturated rings. The van der Waals surface area contributed by atoms with E-state index in [9.17, 15) is 0 Å². The molecule has 0 N–H and O–H groups in total. The Kier molecular flexibility index (Phi) is 6.47. The largest absolute Gasteiger partial charge is 0.302 e. The first-order valence-electron chi connectivity index (χ1n) is 10.1. The molecule has 0 amide bonds. The lowest BCUT2D eigenvalue weighted by atomic mass is 10.0. The number of benzene rings is 1. The van der Waals surface area contributed by atoms with E-state index >= 15 is 0 Å². The maximum atomic E-state index is 4.88. The van der Waals surface area contributed by atoms with Gasteiger partial charge in [0.05, 0.1) is 12.2 Å². The first-order chi connectivity index (χ1) is 13.8. The summed E-state index contributed by atoms with van der Waals surface area (Å²) >= 11 is 1.78. The van der Waals surface area contributed by atoms with Crippen LogP contribution in [0.5, 0.6) is 0 Å². The van der Waals surface area contributed by atoms with Crippen molar-refractivity contribution in [2.45, 2.75) is 31.8 Å². The smallest absolute Gasteiger partial charge is 0.107 e. The Morgan fingerprint density at radius 2 is 2.00 bits per heavy atom. The Morgan fingerprint density at radius 1 is 1.14 bits per heavy atom. The van der Waals surface area contributed by atoms with Gasteiger partial charge in [0.15, 0.2) is 0 Å². The van der Waals surface area contributed by atoms with E-state index in [1.54, 1.807) is 11.3 Å². The normalized spacial score (nSPS) is 17.9. The molecule has 4 rings (SSSR count). The van der Waals surface area contributed by atoms with E-state index < -0.39 is 0 Å². The highest BCUT2D eigenvalue weighted by Gasteiger charge is 2.23. The minimum atomic E-state index is 0.617. The first kappa shape index (κ1) is 19.2. The van der Waals surface area contributed by atoms with Crippen LogP contribution in [0.25, 0.3) is 11.3 Å². The van der Waals surface area contributed by atoms with Crippen LogP contribution in [-0.2, 0) is 13.0 Å². The van der Waals surface area contributed by atoms with Crippen molar-refractivity contribution < 1.29 is 0 Å². The number of likely N-dealkylation sites (tertiary alicyclic amines) is 1. The zero-order valence-electron chi connectivity index (χ0n) is 16.5. The quantitative estimate of drug-likeness (QED) is 0.599. The first-order valence-corrected chi connectivity index (χ1v) is 11.0. The molecule has 5 heteroatoms. The van der Waals surface area contributed by atoms with Crippen LogP contribution < -0.4 is 0 Å². The maximum Gasteiger partial charge on any atom is 0.107 e. The molecule has 0 saturated carbocycles. The number of pyridine rings is 1. The Morgan fingerprint density at radius 3 is 2.82 bits per heavy atom. The third kappa shape index (κ3) is 5.04. The van der Waals surface area contributed by atoms with Gasteiger partial charge in [-0.15, -0.1) is 11.3 Å². The summed E-state index contributed by atoms with van der Waals surface area (Å²) in [6, 6.07) is 17.2. The van der Waals surface area contributed by atoms with Crippen LogP contribution in [0.3, 0.4) is 0 Å². The standard InChI is InChI=1S/C23H28N4S/c1-26(15-12-20-10-5-6-13-24-20)21-11-7-14-27(16-21)17-23-25-22(18-28-23)19-8-3-2-4-9-19/h2-6,8-10,13,18,21H,7,11-12,14-17H2,1H3/t21-/m0/s1.